The third kappa shape index (κ3) is 3.57. The molecule has 0 spiro atoms. The third-order valence-corrected chi connectivity index (χ3v) is 5.37. The van der Waals surface area contributed by atoms with E-state index in [-0.39, 0.29) is 12.8 Å². The van der Waals surface area contributed by atoms with E-state index < -0.39 is 35.3 Å². The van der Waals surface area contributed by atoms with Gasteiger partial charge in [-0.1, -0.05) is 0 Å². The summed E-state index contributed by atoms with van der Waals surface area (Å²) in [5, 5.41) is 12.2. The number of carbonyl (C=O) groups excluding carboxylic acids is 3. The van der Waals surface area contributed by atoms with E-state index >= 15 is 0 Å². The lowest BCUT2D eigenvalue weighted by Crippen LogP contribution is -2.51. The Morgan fingerprint density at radius 2 is 2.14 bits per heavy atom. The Morgan fingerprint density at radius 3 is 2.75 bits per heavy atom. The van der Waals surface area contributed by atoms with Gasteiger partial charge < -0.3 is 20.6 Å². The lowest BCUT2D eigenvalue weighted by molar-refractivity contribution is -0.147. The topological polar surface area (TPSA) is 143 Å². The van der Waals surface area contributed by atoms with Crippen molar-refractivity contribution in [2.75, 3.05) is 0 Å². The molecule has 1 aliphatic heterocycles. The molecule has 3 amide bonds. The summed E-state index contributed by atoms with van der Waals surface area (Å²) in [7, 11) is 0. The molecule has 0 fully saturated rings. The molecule has 3 rings (SSSR count). The first-order valence-electron chi connectivity index (χ1n) is 9.14. The van der Waals surface area contributed by atoms with Crippen LogP contribution >= 0.6 is 0 Å². The molecular formula is C19H23N3O6. The molecule has 2 heterocycles. The fourth-order valence-corrected chi connectivity index (χ4v) is 3.95. The summed E-state index contributed by atoms with van der Waals surface area (Å²) in [5.74, 6) is -2.47. The van der Waals surface area contributed by atoms with E-state index in [4.69, 9.17) is 15.3 Å². The van der Waals surface area contributed by atoms with Gasteiger partial charge in [-0.3, -0.25) is 24.1 Å². The molecule has 2 atom stereocenters. The maximum absolute atomic E-state index is 13.1. The van der Waals surface area contributed by atoms with E-state index in [1.165, 1.54) is 0 Å². The van der Waals surface area contributed by atoms with Crippen molar-refractivity contribution in [2.24, 2.45) is 5.73 Å². The van der Waals surface area contributed by atoms with Crippen LogP contribution in [0.1, 0.15) is 44.8 Å². The first kappa shape index (κ1) is 19.8. The summed E-state index contributed by atoms with van der Waals surface area (Å²) in [6, 6.07) is 2.28. The highest BCUT2D eigenvalue weighted by molar-refractivity contribution is 6.22. The first-order chi connectivity index (χ1) is 13.2. The van der Waals surface area contributed by atoms with Crippen LogP contribution in [0.2, 0.25) is 0 Å². The lowest BCUT2D eigenvalue weighted by atomic mass is 9.78. The number of carbonyl (C=O) groups is 4. The van der Waals surface area contributed by atoms with E-state index in [9.17, 15) is 19.2 Å². The monoisotopic (exact) mass is 389 g/mol. The quantitative estimate of drug-likeness (QED) is 0.555. The van der Waals surface area contributed by atoms with Crippen LogP contribution in [0, 0.1) is 0 Å². The summed E-state index contributed by atoms with van der Waals surface area (Å²) in [4.78, 5) is 49.7. The smallest absolute Gasteiger partial charge is 0.303 e. The van der Waals surface area contributed by atoms with Crippen molar-refractivity contribution in [3.05, 3.63) is 35.3 Å². The van der Waals surface area contributed by atoms with Gasteiger partial charge in [0.15, 0.2) is 0 Å². The number of furan rings is 1. The van der Waals surface area contributed by atoms with E-state index in [0.29, 0.717) is 42.7 Å². The molecule has 28 heavy (non-hydrogen) atoms. The summed E-state index contributed by atoms with van der Waals surface area (Å²) in [6.07, 6.45) is 2.73. The van der Waals surface area contributed by atoms with Gasteiger partial charge in [-0.2, -0.15) is 0 Å². The molecular weight excluding hydrogens is 366 g/mol. The molecule has 4 N–H and O–H groups in total. The van der Waals surface area contributed by atoms with E-state index in [2.05, 4.69) is 5.32 Å². The zero-order valence-electron chi connectivity index (χ0n) is 15.6. The third-order valence-electron chi connectivity index (χ3n) is 5.37. The number of carboxylic acids is 1. The van der Waals surface area contributed by atoms with Crippen molar-refractivity contribution < 1.29 is 28.7 Å². The summed E-state index contributed by atoms with van der Waals surface area (Å²) in [5.41, 5.74) is 5.31. The zero-order chi connectivity index (χ0) is 20.5. The molecule has 1 aromatic rings. The Hall–Kier alpha value is -2.94. The van der Waals surface area contributed by atoms with Crippen LogP contribution in [0.15, 0.2) is 34.0 Å². The molecule has 2 aliphatic rings. The van der Waals surface area contributed by atoms with Crippen molar-refractivity contribution in [2.45, 2.75) is 57.2 Å². The minimum atomic E-state index is -1.28. The van der Waals surface area contributed by atoms with Crippen LogP contribution in [0.3, 0.4) is 0 Å². The second-order valence-electron chi connectivity index (χ2n) is 7.30. The van der Waals surface area contributed by atoms with Gasteiger partial charge in [-0.05, 0) is 44.7 Å². The van der Waals surface area contributed by atoms with E-state index in [1.54, 1.807) is 18.4 Å². The molecule has 9 nitrogen and oxygen atoms in total. The number of amides is 3. The average molecular weight is 389 g/mol. The number of primary amides is 1. The molecule has 0 saturated carbocycles. The number of nitrogens with one attached hydrogen (secondary N) is 1. The molecule has 1 aliphatic carbocycles. The summed E-state index contributed by atoms with van der Waals surface area (Å²) in [6.45, 7) is 2.22. The summed E-state index contributed by atoms with van der Waals surface area (Å²) < 4.78 is 5.32. The largest absolute Gasteiger partial charge is 0.481 e. The maximum Gasteiger partial charge on any atom is 0.303 e. The van der Waals surface area contributed by atoms with Gasteiger partial charge in [0.25, 0.3) is 11.8 Å². The van der Waals surface area contributed by atoms with Gasteiger partial charge >= 0.3 is 5.97 Å². The number of carboxylic acid groups (broad SMARTS) is 1. The predicted molar refractivity (Wildman–Crippen MR) is 96.5 cm³/mol. The van der Waals surface area contributed by atoms with E-state index in [0.717, 1.165) is 4.90 Å². The summed E-state index contributed by atoms with van der Waals surface area (Å²) >= 11 is 0. The number of nitrogens with two attached hydrogens (primary N) is 1. The highest BCUT2D eigenvalue weighted by Gasteiger charge is 2.51. The van der Waals surface area contributed by atoms with E-state index in [1.807, 2.05) is 6.92 Å². The number of hydrogen-bond donors (Lipinski definition) is 3. The number of imide groups is 1. The Morgan fingerprint density at radius 1 is 1.39 bits per heavy atom. The number of rotatable bonds is 8. The Kier molecular flexibility index (Phi) is 5.37. The van der Waals surface area contributed by atoms with Gasteiger partial charge in [0.2, 0.25) is 5.91 Å². The highest BCUT2D eigenvalue weighted by atomic mass is 16.4. The molecule has 0 aromatic carbocycles. The Balaban J connectivity index is 1.87. The molecule has 0 saturated heterocycles. The number of hydrogen-bond acceptors (Lipinski definition) is 6. The van der Waals surface area contributed by atoms with Crippen molar-refractivity contribution in [1.82, 2.24) is 10.2 Å². The fraction of sp³-hybridized carbons (Fsp3) is 0.474. The van der Waals surface area contributed by atoms with Gasteiger partial charge in [-0.25, -0.2) is 0 Å². The minimum Gasteiger partial charge on any atom is -0.481 e. The number of aliphatic carboxylic acids is 1. The van der Waals surface area contributed by atoms with Crippen LogP contribution in [0.25, 0.3) is 0 Å². The Bertz CT molecular complexity index is 844. The van der Waals surface area contributed by atoms with Gasteiger partial charge in [-0.15, -0.1) is 0 Å². The standard InChI is InChI=1S/C19H23N3O6/c1-19(21-10-11-4-3-9-28-11)8-2-5-12-15(19)18(27)22(17(12)26)13(16(20)25)6-7-14(23)24/h3-4,9,13,21H,2,5-8,10H2,1H3,(H2,20,25)(H,23,24). The normalized spacial score (nSPS) is 23.1. The van der Waals surface area contributed by atoms with Crippen LogP contribution < -0.4 is 11.1 Å². The SMILES string of the molecule is CC1(NCc2ccco2)CCCC2=C1C(=O)N(C(CCC(=O)O)C(N)=O)C2=O. The maximum atomic E-state index is 13.1. The van der Waals surface area contributed by atoms with Crippen molar-refractivity contribution >= 4 is 23.7 Å². The second kappa shape index (κ2) is 7.59. The highest BCUT2D eigenvalue weighted by Crippen LogP contribution is 2.40. The van der Waals surface area contributed by atoms with Crippen molar-refractivity contribution in [1.29, 1.82) is 0 Å². The van der Waals surface area contributed by atoms with Gasteiger partial charge in [0.05, 0.1) is 12.8 Å². The molecule has 2 unspecified atom stereocenters. The Labute approximate surface area is 161 Å². The lowest BCUT2D eigenvalue weighted by Gasteiger charge is -2.35. The second-order valence-corrected chi connectivity index (χ2v) is 7.30. The molecule has 0 radical (unpaired) electrons. The van der Waals surface area contributed by atoms with Crippen LogP contribution in [-0.2, 0) is 25.7 Å². The van der Waals surface area contributed by atoms with Crippen LogP contribution in [0.5, 0.6) is 0 Å². The van der Waals surface area contributed by atoms with Gasteiger partial charge in [0, 0.05) is 23.1 Å². The fourth-order valence-electron chi connectivity index (χ4n) is 3.95. The van der Waals surface area contributed by atoms with Gasteiger partial charge in [0.1, 0.15) is 11.8 Å². The number of nitrogens with zero attached hydrogens (tertiary/aromatic N) is 1. The molecule has 150 valence electrons. The minimum absolute atomic E-state index is 0.209. The molecule has 1 aromatic heterocycles. The van der Waals surface area contributed by atoms with Crippen molar-refractivity contribution in [3.8, 4) is 0 Å². The predicted octanol–water partition coefficient (Wildman–Crippen LogP) is 0.696. The zero-order valence-corrected chi connectivity index (χ0v) is 15.6. The molecule has 9 heteroatoms. The molecule has 0 bridgehead atoms. The van der Waals surface area contributed by atoms with Crippen molar-refractivity contribution in [3.63, 3.8) is 0 Å². The van der Waals surface area contributed by atoms with Crippen LogP contribution in [-0.4, -0.2) is 45.3 Å². The first-order valence-corrected chi connectivity index (χ1v) is 9.14. The van der Waals surface area contributed by atoms with Crippen LogP contribution in [0.4, 0.5) is 0 Å². The average Bonchev–Trinajstić information content (AvgIpc) is 3.23.